The predicted molar refractivity (Wildman–Crippen MR) is 90.4 cm³/mol. The third kappa shape index (κ3) is 4.60. The number of carbonyl (C=O) groups excluding carboxylic acids is 1. The zero-order valence-electron chi connectivity index (χ0n) is 12.1. The monoisotopic (exact) mass is 355 g/mol. The van der Waals surface area contributed by atoms with Crippen LogP contribution in [0, 0.1) is 0 Å². The maximum Gasteiger partial charge on any atom is 0.233 e. The van der Waals surface area contributed by atoms with Crippen LogP contribution in [0.15, 0.2) is 41.8 Å². The van der Waals surface area contributed by atoms with Gasteiger partial charge in [0.2, 0.25) is 5.91 Å². The molecule has 4 nitrogen and oxygen atoms in total. The van der Waals surface area contributed by atoms with E-state index >= 15 is 0 Å². The molecule has 0 aliphatic rings. The first-order valence-corrected chi connectivity index (χ1v) is 8.30. The van der Waals surface area contributed by atoms with E-state index in [1.807, 2.05) is 19.9 Å². The number of amides is 1. The van der Waals surface area contributed by atoms with Crippen LogP contribution in [-0.2, 0) is 4.79 Å². The fourth-order valence-corrected chi connectivity index (χ4v) is 3.13. The zero-order valence-corrected chi connectivity index (χ0v) is 14.4. The van der Waals surface area contributed by atoms with Crippen LogP contribution in [0.5, 0.6) is 0 Å². The van der Waals surface area contributed by atoms with E-state index in [0.717, 1.165) is 5.56 Å². The fraction of sp³-hybridized carbons (Fsp3) is 0.267. The van der Waals surface area contributed by atoms with Gasteiger partial charge in [0, 0.05) is 22.4 Å². The SMILES string of the molecule is C[C@@H](Sc1ncccn1)C(=O)N[C@H](C)c1ccc(Cl)cc1Cl. The number of halogens is 2. The summed E-state index contributed by atoms with van der Waals surface area (Å²) in [6, 6.07) is 6.75. The van der Waals surface area contributed by atoms with Crippen LogP contribution in [0.25, 0.3) is 0 Å². The molecular weight excluding hydrogens is 341 g/mol. The molecule has 0 saturated heterocycles. The smallest absolute Gasteiger partial charge is 0.233 e. The summed E-state index contributed by atoms with van der Waals surface area (Å²) in [4.78, 5) is 20.4. The molecule has 1 aromatic heterocycles. The van der Waals surface area contributed by atoms with Crippen LogP contribution < -0.4 is 5.32 Å². The van der Waals surface area contributed by atoms with Gasteiger partial charge in [0.25, 0.3) is 0 Å². The lowest BCUT2D eigenvalue weighted by Crippen LogP contribution is -2.33. The van der Waals surface area contributed by atoms with Gasteiger partial charge in [-0.25, -0.2) is 9.97 Å². The van der Waals surface area contributed by atoms with Gasteiger partial charge in [0.05, 0.1) is 11.3 Å². The van der Waals surface area contributed by atoms with E-state index in [4.69, 9.17) is 23.2 Å². The van der Waals surface area contributed by atoms with Crippen molar-refractivity contribution in [3.63, 3.8) is 0 Å². The second kappa shape index (κ2) is 7.81. The molecule has 2 rings (SSSR count). The Balaban J connectivity index is 1.98. The number of rotatable bonds is 5. The van der Waals surface area contributed by atoms with Crippen LogP contribution in [0.2, 0.25) is 10.0 Å². The number of aromatic nitrogens is 2. The van der Waals surface area contributed by atoms with E-state index in [1.165, 1.54) is 11.8 Å². The summed E-state index contributed by atoms with van der Waals surface area (Å²) >= 11 is 13.3. The molecule has 0 aliphatic heterocycles. The number of hydrogen-bond acceptors (Lipinski definition) is 4. The maximum atomic E-state index is 12.3. The van der Waals surface area contributed by atoms with Crippen LogP contribution in [0.3, 0.4) is 0 Å². The van der Waals surface area contributed by atoms with Gasteiger partial charge in [-0.15, -0.1) is 0 Å². The molecule has 0 fully saturated rings. The molecule has 1 amide bonds. The number of nitrogens with zero attached hydrogens (tertiary/aromatic N) is 2. The van der Waals surface area contributed by atoms with Gasteiger partial charge in [0.1, 0.15) is 0 Å². The molecular formula is C15H15Cl2N3OS. The quantitative estimate of drug-likeness (QED) is 0.646. The molecule has 1 heterocycles. The molecule has 22 heavy (non-hydrogen) atoms. The van der Waals surface area contributed by atoms with Gasteiger partial charge >= 0.3 is 0 Å². The largest absolute Gasteiger partial charge is 0.349 e. The highest BCUT2D eigenvalue weighted by molar-refractivity contribution is 8.00. The second-order valence-electron chi connectivity index (χ2n) is 4.69. The highest BCUT2D eigenvalue weighted by atomic mass is 35.5. The van der Waals surface area contributed by atoms with Crippen LogP contribution in [-0.4, -0.2) is 21.1 Å². The van der Waals surface area contributed by atoms with Crippen molar-refractivity contribution in [1.29, 1.82) is 0 Å². The lowest BCUT2D eigenvalue weighted by Gasteiger charge is -2.18. The second-order valence-corrected chi connectivity index (χ2v) is 6.84. The maximum absolute atomic E-state index is 12.3. The van der Waals surface area contributed by atoms with Crippen molar-refractivity contribution in [3.05, 3.63) is 52.3 Å². The summed E-state index contributed by atoms with van der Waals surface area (Å²) < 4.78 is 0. The van der Waals surface area contributed by atoms with Gasteiger partial charge in [-0.05, 0) is 37.6 Å². The average molecular weight is 356 g/mol. The lowest BCUT2D eigenvalue weighted by atomic mass is 10.1. The molecule has 2 atom stereocenters. The topological polar surface area (TPSA) is 54.9 Å². The average Bonchev–Trinajstić information content (AvgIpc) is 2.47. The van der Waals surface area contributed by atoms with Crippen molar-refractivity contribution >= 4 is 40.9 Å². The summed E-state index contributed by atoms with van der Waals surface area (Å²) in [5.74, 6) is -0.101. The van der Waals surface area contributed by atoms with Gasteiger partial charge in [0.15, 0.2) is 5.16 Å². The van der Waals surface area contributed by atoms with Crippen molar-refractivity contribution < 1.29 is 4.79 Å². The third-order valence-electron chi connectivity index (χ3n) is 2.98. The van der Waals surface area contributed by atoms with Crippen molar-refractivity contribution in [2.24, 2.45) is 0 Å². The Morgan fingerprint density at radius 1 is 1.23 bits per heavy atom. The van der Waals surface area contributed by atoms with Gasteiger partial charge in [-0.2, -0.15) is 0 Å². The van der Waals surface area contributed by atoms with Gasteiger partial charge in [-0.1, -0.05) is 41.0 Å². The first-order chi connectivity index (χ1) is 10.5. The van der Waals surface area contributed by atoms with Crippen molar-refractivity contribution in [2.75, 3.05) is 0 Å². The molecule has 0 unspecified atom stereocenters. The third-order valence-corrected chi connectivity index (χ3v) is 4.53. The van der Waals surface area contributed by atoms with Crippen molar-refractivity contribution in [1.82, 2.24) is 15.3 Å². The summed E-state index contributed by atoms with van der Waals surface area (Å²) in [7, 11) is 0. The summed E-state index contributed by atoms with van der Waals surface area (Å²) in [6.45, 7) is 3.69. The molecule has 0 saturated carbocycles. The normalized spacial score (nSPS) is 13.5. The highest BCUT2D eigenvalue weighted by Crippen LogP contribution is 2.27. The van der Waals surface area contributed by atoms with Crippen LogP contribution in [0.4, 0.5) is 0 Å². The molecule has 7 heteroatoms. The first kappa shape index (κ1) is 17.1. The number of benzene rings is 1. The molecule has 1 aromatic carbocycles. The number of nitrogens with one attached hydrogen (secondary N) is 1. The Kier molecular flexibility index (Phi) is 6.06. The summed E-state index contributed by atoms with van der Waals surface area (Å²) in [5, 5.41) is 4.30. The fourth-order valence-electron chi connectivity index (χ4n) is 1.82. The van der Waals surface area contributed by atoms with Crippen molar-refractivity contribution in [2.45, 2.75) is 30.3 Å². The minimum Gasteiger partial charge on any atom is -0.349 e. The van der Waals surface area contributed by atoms with E-state index < -0.39 is 0 Å². The van der Waals surface area contributed by atoms with E-state index in [1.54, 1.807) is 30.6 Å². The molecule has 0 radical (unpaired) electrons. The van der Waals surface area contributed by atoms with Crippen LogP contribution >= 0.6 is 35.0 Å². The minimum absolute atomic E-state index is 0.101. The number of thioether (sulfide) groups is 1. The Morgan fingerprint density at radius 3 is 2.55 bits per heavy atom. The highest BCUT2D eigenvalue weighted by Gasteiger charge is 2.19. The molecule has 0 spiro atoms. The Hall–Kier alpha value is -1.30. The Bertz CT molecular complexity index is 654. The lowest BCUT2D eigenvalue weighted by molar-refractivity contribution is -0.120. The van der Waals surface area contributed by atoms with Gasteiger partial charge < -0.3 is 5.32 Å². The standard InChI is InChI=1S/C15H15Cl2N3OS/c1-9(12-5-4-11(16)8-13(12)17)20-14(21)10(2)22-15-18-6-3-7-19-15/h3-10H,1-2H3,(H,20,21)/t9-,10-/m1/s1. The Morgan fingerprint density at radius 2 is 1.91 bits per heavy atom. The van der Waals surface area contributed by atoms with E-state index in [-0.39, 0.29) is 17.2 Å². The molecule has 0 bridgehead atoms. The summed E-state index contributed by atoms with van der Waals surface area (Å²) in [6.07, 6.45) is 3.30. The van der Waals surface area contributed by atoms with Gasteiger partial charge in [-0.3, -0.25) is 4.79 Å². The minimum atomic E-state index is -0.309. The Labute approximate surface area is 143 Å². The van der Waals surface area contributed by atoms with E-state index in [0.29, 0.717) is 15.2 Å². The van der Waals surface area contributed by atoms with E-state index in [2.05, 4.69) is 15.3 Å². The molecule has 1 N–H and O–H groups in total. The molecule has 116 valence electrons. The number of carbonyl (C=O) groups is 1. The number of hydrogen-bond donors (Lipinski definition) is 1. The van der Waals surface area contributed by atoms with Crippen molar-refractivity contribution in [3.8, 4) is 0 Å². The summed E-state index contributed by atoms with van der Waals surface area (Å²) in [5.41, 5.74) is 0.826. The zero-order chi connectivity index (χ0) is 16.1. The molecule has 0 aliphatic carbocycles. The first-order valence-electron chi connectivity index (χ1n) is 6.66. The molecule has 2 aromatic rings. The predicted octanol–water partition coefficient (Wildman–Crippen LogP) is 4.14. The van der Waals surface area contributed by atoms with E-state index in [9.17, 15) is 4.79 Å². The van der Waals surface area contributed by atoms with Crippen LogP contribution in [0.1, 0.15) is 25.5 Å².